The fraction of sp³-hybridized carbons (Fsp3) is 0.700. The van der Waals surface area contributed by atoms with E-state index in [1.807, 2.05) is 6.08 Å². The van der Waals surface area contributed by atoms with Gasteiger partial charge in [-0.2, -0.15) is 0 Å². The minimum absolute atomic E-state index is 0.0503. The molecule has 74 valence electrons. The minimum atomic E-state index is -0.0757. The standard InChI is InChI=1S/C10H18N2O/c1-10(2,12-8-4-5-8)7-6-9(13)11-3/h6-8,12H,4-5H2,1-3H3,(H,11,13)/b7-6+. The molecule has 1 aliphatic rings. The molecule has 0 heterocycles. The third-order valence-corrected chi connectivity index (χ3v) is 2.05. The highest BCUT2D eigenvalue weighted by Crippen LogP contribution is 2.22. The molecule has 1 fully saturated rings. The molecule has 0 atom stereocenters. The molecule has 0 aromatic rings. The van der Waals surface area contributed by atoms with Crippen molar-refractivity contribution in [2.75, 3.05) is 7.05 Å². The molecule has 1 amide bonds. The number of hydrogen-bond donors (Lipinski definition) is 2. The number of amides is 1. The topological polar surface area (TPSA) is 41.1 Å². The summed E-state index contributed by atoms with van der Waals surface area (Å²) in [6.07, 6.45) is 6.01. The fourth-order valence-corrected chi connectivity index (χ4v) is 1.17. The molecule has 3 heteroatoms. The van der Waals surface area contributed by atoms with Gasteiger partial charge in [-0.3, -0.25) is 4.79 Å². The summed E-state index contributed by atoms with van der Waals surface area (Å²) in [5.41, 5.74) is -0.0757. The molecule has 0 aromatic heterocycles. The predicted octanol–water partition coefficient (Wildman–Crippen LogP) is 0.819. The third-order valence-electron chi connectivity index (χ3n) is 2.05. The zero-order valence-electron chi connectivity index (χ0n) is 8.55. The molecular weight excluding hydrogens is 164 g/mol. The van der Waals surface area contributed by atoms with Crippen LogP contribution in [0, 0.1) is 0 Å². The van der Waals surface area contributed by atoms with Crippen molar-refractivity contribution in [3.8, 4) is 0 Å². The van der Waals surface area contributed by atoms with Gasteiger partial charge in [0.05, 0.1) is 0 Å². The van der Waals surface area contributed by atoms with E-state index in [0.717, 1.165) is 0 Å². The average Bonchev–Trinajstić information content (AvgIpc) is 2.83. The molecule has 0 saturated heterocycles. The van der Waals surface area contributed by atoms with Crippen LogP contribution in [0.25, 0.3) is 0 Å². The number of nitrogens with one attached hydrogen (secondary N) is 2. The Kier molecular flexibility index (Phi) is 3.09. The van der Waals surface area contributed by atoms with Crippen LogP contribution in [0.2, 0.25) is 0 Å². The van der Waals surface area contributed by atoms with Crippen LogP contribution in [0.1, 0.15) is 26.7 Å². The summed E-state index contributed by atoms with van der Waals surface area (Å²) in [5, 5.41) is 6.00. The quantitative estimate of drug-likeness (QED) is 0.632. The summed E-state index contributed by atoms with van der Waals surface area (Å²) >= 11 is 0. The number of rotatable bonds is 4. The normalized spacial score (nSPS) is 17.8. The lowest BCUT2D eigenvalue weighted by Gasteiger charge is -2.21. The second-order valence-corrected chi connectivity index (χ2v) is 4.09. The van der Waals surface area contributed by atoms with E-state index >= 15 is 0 Å². The number of hydrogen-bond acceptors (Lipinski definition) is 2. The number of carbonyl (C=O) groups excluding carboxylic acids is 1. The Labute approximate surface area is 79.6 Å². The van der Waals surface area contributed by atoms with Gasteiger partial charge < -0.3 is 10.6 Å². The molecule has 1 aliphatic carbocycles. The lowest BCUT2D eigenvalue weighted by Crippen LogP contribution is -2.39. The Morgan fingerprint density at radius 3 is 2.54 bits per heavy atom. The van der Waals surface area contributed by atoms with E-state index in [9.17, 15) is 4.79 Å². The summed E-state index contributed by atoms with van der Waals surface area (Å²) in [4.78, 5) is 10.9. The summed E-state index contributed by atoms with van der Waals surface area (Å²) < 4.78 is 0. The molecule has 0 aliphatic heterocycles. The Morgan fingerprint density at radius 2 is 2.08 bits per heavy atom. The lowest BCUT2D eigenvalue weighted by atomic mass is 10.0. The first-order chi connectivity index (χ1) is 6.03. The monoisotopic (exact) mass is 182 g/mol. The summed E-state index contributed by atoms with van der Waals surface area (Å²) in [7, 11) is 1.63. The van der Waals surface area contributed by atoms with Gasteiger partial charge in [0, 0.05) is 24.7 Å². The van der Waals surface area contributed by atoms with Crippen LogP contribution in [0.3, 0.4) is 0 Å². The van der Waals surface area contributed by atoms with Crippen molar-refractivity contribution in [2.24, 2.45) is 0 Å². The van der Waals surface area contributed by atoms with Crippen molar-refractivity contribution < 1.29 is 4.79 Å². The van der Waals surface area contributed by atoms with Crippen LogP contribution in [0.15, 0.2) is 12.2 Å². The first-order valence-corrected chi connectivity index (χ1v) is 4.72. The van der Waals surface area contributed by atoms with Crippen molar-refractivity contribution in [1.82, 2.24) is 10.6 Å². The number of likely N-dealkylation sites (N-methyl/N-ethyl adjacent to an activating group) is 1. The van der Waals surface area contributed by atoms with E-state index in [4.69, 9.17) is 0 Å². The highest BCUT2D eigenvalue weighted by Gasteiger charge is 2.27. The van der Waals surface area contributed by atoms with Gasteiger partial charge in [0.25, 0.3) is 0 Å². The van der Waals surface area contributed by atoms with Crippen molar-refractivity contribution in [1.29, 1.82) is 0 Å². The second kappa shape index (κ2) is 3.92. The molecule has 3 nitrogen and oxygen atoms in total. The van der Waals surface area contributed by atoms with Gasteiger partial charge in [-0.05, 0) is 26.7 Å². The van der Waals surface area contributed by atoms with E-state index in [0.29, 0.717) is 6.04 Å². The van der Waals surface area contributed by atoms with Gasteiger partial charge in [-0.1, -0.05) is 6.08 Å². The van der Waals surface area contributed by atoms with Gasteiger partial charge in [-0.15, -0.1) is 0 Å². The first-order valence-electron chi connectivity index (χ1n) is 4.72. The van der Waals surface area contributed by atoms with Gasteiger partial charge in [0.2, 0.25) is 5.91 Å². The van der Waals surface area contributed by atoms with E-state index in [1.165, 1.54) is 12.8 Å². The van der Waals surface area contributed by atoms with Crippen molar-refractivity contribution in [3.63, 3.8) is 0 Å². The first kappa shape index (κ1) is 10.3. The van der Waals surface area contributed by atoms with Crippen LogP contribution >= 0.6 is 0 Å². The van der Waals surface area contributed by atoms with E-state index < -0.39 is 0 Å². The smallest absolute Gasteiger partial charge is 0.243 e. The highest BCUT2D eigenvalue weighted by molar-refractivity contribution is 5.87. The zero-order valence-corrected chi connectivity index (χ0v) is 8.55. The highest BCUT2D eigenvalue weighted by atomic mass is 16.1. The Bertz CT molecular complexity index is 217. The second-order valence-electron chi connectivity index (χ2n) is 4.09. The van der Waals surface area contributed by atoms with E-state index in [-0.39, 0.29) is 11.4 Å². The van der Waals surface area contributed by atoms with Crippen LogP contribution < -0.4 is 10.6 Å². The van der Waals surface area contributed by atoms with Gasteiger partial charge in [0.15, 0.2) is 0 Å². The molecule has 1 rings (SSSR count). The summed E-state index contributed by atoms with van der Waals surface area (Å²) in [6, 6.07) is 0.657. The summed E-state index contributed by atoms with van der Waals surface area (Å²) in [5.74, 6) is -0.0503. The SMILES string of the molecule is CNC(=O)/C=C/C(C)(C)NC1CC1. The molecule has 1 saturated carbocycles. The van der Waals surface area contributed by atoms with Crippen molar-refractivity contribution in [3.05, 3.63) is 12.2 Å². The molecular formula is C10H18N2O. The minimum Gasteiger partial charge on any atom is -0.356 e. The molecule has 0 unspecified atom stereocenters. The van der Waals surface area contributed by atoms with Crippen LogP contribution in [-0.2, 0) is 4.79 Å². The lowest BCUT2D eigenvalue weighted by molar-refractivity contribution is -0.116. The molecule has 2 N–H and O–H groups in total. The molecule has 0 bridgehead atoms. The summed E-state index contributed by atoms with van der Waals surface area (Å²) in [6.45, 7) is 4.15. The van der Waals surface area contributed by atoms with Crippen LogP contribution in [0.4, 0.5) is 0 Å². The van der Waals surface area contributed by atoms with Gasteiger partial charge in [-0.25, -0.2) is 0 Å². The maximum Gasteiger partial charge on any atom is 0.243 e. The largest absolute Gasteiger partial charge is 0.356 e. The Balaban J connectivity index is 2.38. The maximum absolute atomic E-state index is 10.9. The van der Waals surface area contributed by atoms with E-state index in [2.05, 4.69) is 24.5 Å². The maximum atomic E-state index is 10.9. The average molecular weight is 182 g/mol. The van der Waals surface area contributed by atoms with Gasteiger partial charge in [0.1, 0.15) is 0 Å². The molecule has 0 radical (unpaired) electrons. The Morgan fingerprint density at radius 1 is 1.46 bits per heavy atom. The van der Waals surface area contributed by atoms with Gasteiger partial charge >= 0.3 is 0 Å². The van der Waals surface area contributed by atoms with Crippen molar-refractivity contribution in [2.45, 2.75) is 38.3 Å². The third kappa shape index (κ3) is 4.08. The van der Waals surface area contributed by atoms with Crippen molar-refractivity contribution >= 4 is 5.91 Å². The van der Waals surface area contributed by atoms with Crippen LogP contribution in [0.5, 0.6) is 0 Å². The molecule has 13 heavy (non-hydrogen) atoms. The Hall–Kier alpha value is -0.830. The predicted molar refractivity (Wildman–Crippen MR) is 53.4 cm³/mol. The zero-order chi connectivity index (χ0) is 9.90. The fourth-order valence-electron chi connectivity index (χ4n) is 1.17. The molecule has 0 spiro atoms. The molecule has 0 aromatic carbocycles. The number of carbonyl (C=O) groups is 1. The van der Waals surface area contributed by atoms with Crippen LogP contribution in [-0.4, -0.2) is 24.5 Å². The van der Waals surface area contributed by atoms with E-state index in [1.54, 1.807) is 13.1 Å².